The van der Waals surface area contributed by atoms with Crippen molar-refractivity contribution in [2.24, 2.45) is 0 Å². The maximum absolute atomic E-state index is 14.2. The highest BCUT2D eigenvalue weighted by atomic mass is 33.1. The van der Waals surface area contributed by atoms with Crippen LogP contribution in [-0.2, 0) is 38.1 Å². The fourth-order valence-electron chi connectivity index (χ4n) is 5.62. The molecule has 12 heteroatoms. The molecule has 7 rings (SSSR count). The van der Waals surface area contributed by atoms with Crippen molar-refractivity contribution in [3.8, 4) is 0 Å². The van der Waals surface area contributed by atoms with Crippen molar-refractivity contribution in [1.82, 2.24) is 9.80 Å². The van der Waals surface area contributed by atoms with Crippen molar-refractivity contribution >= 4 is 45.3 Å². The van der Waals surface area contributed by atoms with E-state index in [1.54, 1.807) is 22.0 Å². The number of hydrogen-bond donors (Lipinski definition) is 0. The summed E-state index contributed by atoms with van der Waals surface area (Å²) in [6, 6.07) is -1.32. The van der Waals surface area contributed by atoms with E-state index in [2.05, 4.69) is 0 Å². The highest BCUT2D eigenvalue weighted by Gasteiger charge is 2.77. The van der Waals surface area contributed by atoms with Crippen LogP contribution in [0.4, 0.5) is 0 Å². The second-order valence-electron chi connectivity index (χ2n) is 8.79. The Kier molecular flexibility index (Phi) is 4.66. The third-order valence-electron chi connectivity index (χ3n) is 6.76. The zero-order chi connectivity index (χ0) is 23.8. The summed E-state index contributed by atoms with van der Waals surface area (Å²) in [6.07, 6.45) is 7.91. The van der Waals surface area contributed by atoms with Gasteiger partial charge in [-0.2, -0.15) is 0 Å². The number of hydrogen-bond acceptors (Lipinski definition) is 10. The molecule has 0 aromatic heterocycles. The summed E-state index contributed by atoms with van der Waals surface area (Å²) >= 11 is 0. The van der Waals surface area contributed by atoms with Crippen molar-refractivity contribution < 1.29 is 38.1 Å². The summed E-state index contributed by atoms with van der Waals surface area (Å²) in [7, 11) is 2.69. The molecular weight excluding hydrogens is 484 g/mol. The van der Waals surface area contributed by atoms with E-state index in [4.69, 9.17) is 18.9 Å². The normalized spacial score (nSPS) is 38.9. The van der Waals surface area contributed by atoms with Crippen molar-refractivity contribution in [3.05, 3.63) is 48.3 Å². The maximum atomic E-state index is 14.2. The molecule has 10 nitrogen and oxygen atoms in total. The first kappa shape index (κ1) is 21.7. The van der Waals surface area contributed by atoms with Crippen LogP contribution in [0.3, 0.4) is 0 Å². The lowest BCUT2D eigenvalue weighted by Crippen LogP contribution is -2.77. The Labute approximate surface area is 202 Å². The molecule has 0 saturated carbocycles. The van der Waals surface area contributed by atoms with E-state index in [0.29, 0.717) is 11.1 Å². The minimum atomic E-state index is -1.24. The van der Waals surface area contributed by atoms with E-state index in [1.165, 1.54) is 60.5 Å². The Bertz CT molecular complexity index is 1060. The monoisotopic (exact) mass is 504 g/mol. The first-order chi connectivity index (χ1) is 16.3. The van der Waals surface area contributed by atoms with Crippen molar-refractivity contribution in [1.29, 1.82) is 0 Å². The lowest BCUT2D eigenvalue weighted by atomic mass is 10.0. The van der Waals surface area contributed by atoms with Gasteiger partial charge in [-0.1, -0.05) is 21.6 Å². The minimum Gasteiger partial charge on any atom is -0.473 e. The quantitative estimate of drug-likeness (QED) is 0.407. The third-order valence-corrected chi connectivity index (χ3v) is 10.3. The molecular formula is C22H20N2O8S2. The van der Waals surface area contributed by atoms with Gasteiger partial charge in [0.25, 0.3) is 11.8 Å². The van der Waals surface area contributed by atoms with E-state index in [9.17, 15) is 19.2 Å². The van der Waals surface area contributed by atoms with Gasteiger partial charge in [-0.25, -0.2) is 0 Å². The molecule has 7 aliphatic heterocycles. The van der Waals surface area contributed by atoms with Gasteiger partial charge in [0.05, 0.1) is 37.1 Å². The number of amides is 2. The molecule has 0 aromatic rings. The molecule has 0 radical (unpaired) electrons. The molecule has 178 valence electrons. The van der Waals surface area contributed by atoms with Crippen LogP contribution < -0.4 is 0 Å². The first-order valence-electron chi connectivity index (χ1n) is 10.7. The fourth-order valence-corrected chi connectivity index (χ4v) is 9.33. The number of carbonyl (C=O) groups is 4. The number of nitrogens with zero attached hydrogens (tertiary/aromatic N) is 2. The molecule has 0 aliphatic carbocycles. The van der Waals surface area contributed by atoms with Crippen LogP contribution in [0, 0.1) is 0 Å². The number of fused-ring (bicyclic) bond motifs is 3. The second kappa shape index (κ2) is 7.32. The summed E-state index contributed by atoms with van der Waals surface area (Å²) in [5.41, 5.74) is 1.39. The van der Waals surface area contributed by atoms with Gasteiger partial charge < -0.3 is 28.7 Å². The molecule has 6 atom stereocenters. The third kappa shape index (κ3) is 2.72. The predicted octanol–water partition coefficient (Wildman–Crippen LogP) is 1.71. The second-order valence-corrected chi connectivity index (χ2v) is 11.5. The molecule has 0 N–H and O–H groups in total. The van der Waals surface area contributed by atoms with E-state index in [-0.39, 0.29) is 24.7 Å². The average molecular weight is 505 g/mol. The Balaban J connectivity index is 1.46. The van der Waals surface area contributed by atoms with Crippen LogP contribution in [0.5, 0.6) is 0 Å². The summed E-state index contributed by atoms with van der Waals surface area (Å²) < 4.78 is 21.9. The topological polar surface area (TPSA) is 112 Å². The van der Waals surface area contributed by atoms with Gasteiger partial charge in [0.15, 0.2) is 9.74 Å². The molecule has 5 saturated heterocycles. The summed E-state index contributed by atoms with van der Waals surface area (Å²) in [5, 5.41) is 0. The van der Waals surface area contributed by atoms with Crippen molar-refractivity contribution in [2.45, 2.75) is 60.7 Å². The molecule has 5 fully saturated rings. The summed E-state index contributed by atoms with van der Waals surface area (Å²) in [6.45, 7) is 2.60. The number of ether oxygens (including phenoxy) is 4. The van der Waals surface area contributed by atoms with Crippen LogP contribution >= 0.6 is 21.6 Å². The lowest BCUT2D eigenvalue weighted by molar-refractivity contribution is -0.171. The summed E-state index contributed by atoms with van der Waals surface area (Å²) in [5.74, 6) is -1.51. The molecule has 34 heavy (non-hydrogen) atoms. The zero-order valence-electron chi connectivity index (χ0n) is 18.2. The SMILES string of the molecule is CC(=O)OC1C=COC=C2CC34SSC5(CC6=COC=CC(OC(C)=O)C6N5C3=O)C(=O)N4C21. The number of carbonyl (C=O) groups excluding carboxylic acids is 4. The Morgan fingerprint density at radius 1 is 0.853 bits per heavy atom. The molecule has 2 spiro atoms. The Morgan fingerprint density at radius 2 is 1.26 bits per heavy atom. The standard InChI is InChI=1S/C22H20N2O8S2/c1-11(25)31-15-3-5-29-9-13-7-21-20(28)24-18-14(10-30-6-4-16(18)32-12(2)26)8-22(24,34-33-21)19(27)23(21)17(13)15/h3-6,9-10,15-18H,7-8H2,1-2H3. The maximum Gasteiger partial charge on any atom is 0.303 e. The minimum absolute atomic E-state index is 0.224. The van der Waals surface area contributed by atoms with Gasteiger partial charge in [0.1, 0.15) is 12.2 Å². The van der Waals surface area contributed by atoms with Crippen LogP contribution in [0.15, 0.2) is 48.3 Å². The largest absolute Gasteiger partial charge is 0.473 e. The van der Waals surface area contributed by atoms with Crippen LogP contribution in [0.2, 0.25) is 0 Å². The highest BCUT2D eigenvalue weighted by molar-refractivity contribution is 8.78. The first-order valence-corrected chi connectivity index (χ1v) is 12.8. The van der Waals surface area contributed by atoms with Crippen LogP contribution in [-0.4, -0.2) is 67.6 Å². The van der Waals surface area contributed by atoms with Crippen molar-refractivity contribution in [2.75, 3.05) is 0 Å². The average Bonchev–Trinajstić information content (AvgIpc) is 3.14. The summed E-state index contributed by atoms with van der Waals surface area (Å²) in [4.78, 5) is 52.8. The predicted molar refractivity (Wildman–Crippen MR) is 119 cm³/mol. The molecule has 2 bridgehead atoms. The smallest absolute Gasteiger partial charge is 0.303 e. The van der Waals surface area contributed by atoms with Gasteiger partial charge >= 0.3 is 11.9 Å². The van der Waals surface area contributed by atoms with Gasteiger partial charge in [-0.05, 0) is 23.3 Å². The number of rotatable bonds is 2. The van der Waals surface area contributed by atoms with E-state index in [0.717, 1.165) is 0 Å². The van der Waals surface area contributed by atoms with E-state index >= 15 is 0 Å². The number of esters is 2. The molecule has 7 aliphatic rings. The lowest BCUT2D eigenvalue weighted by Gasteiger charge is -2.58. The highest BCUT2D eigenvalue weighted by Crippen LogP contribution is 2.69. The van der Waals surface area contributed by atoms with Gasteiger partial charge in [0, 0.05) is 26.7 Å². The van der Waals surface area contributed by atoms with Crippen LogP contribution in [0.1, 0.15) is 26.7 Å². The fraction of sp³-hybridized carbons (Fsp3) is 0.455. The van der Waals surface area contributed by atoms with E-state index in [1.807, 2.05) is 0 Å². The molecule has 7 heterocycles. The Morgan fingerprint density at radius 3 is 1.65 bits per heavy atom. The van der Waals surface area contributed by atoms with Crippen molar-refractivity contribution in [3.63, 3.8) is 0 Å². The van der Waals surface area contributed by atoms with E-state index < -0.39 is 46.0 Å². The zero-order valence-corrected chi connectivity index (χ0v) is 19.8. The molecule has 0 aromatic carbocycles. The Hall–Kier alpha value is -2.86. The van der Waals surface area contributed by atoms with Gasteiger partial charge in [0.2, 0.25) is 0 Å². The van der Waals surface area contributed by atoms with Crippen LogP contribution in [0.25, 0.3) is 0 Å². The number of piperazine rings is 1. The van der Waals surface area contributed by atoms with Gasteiger partial charge in [-0.3, -0.25) is 19.2 Å². The van der Waals surface area contributed by atoms with Gasteiger partial charge in [-0.15, -0.1) is 0 Å². The molecule has 6 unspecified atom stereocenters. The molecule has 2 amide bonds.